The lowest BCUT2D eigenvalue weighted by Gasteiger charge is -2.36. The third kappa shape index (κ3) is 2.98. The Balaban J connectivity index is 2.20. The minimum Gasteiger partial charge on any atom is -0.320 e. The van der Waals surface area contributed by atoms with Crippen LogP contribution in [0, 0.1) is 0 Å². The van der Waals surface area contributed by atoms with Crippen LogP contribution in [0.2, 0.25) is 0 Å². The molecule has 0 bridgehead atoms. The average molecular weight is 260 g/mol. The van der Waals surface area contributed by atoms with Crippen molar-refractivity contribution in [1.29, 1.82) is 0 Å². The maximum atomic E-state index is 12.6. The van der Waals surface area contributed by atoms with Crippen molar-refractivity contribution >= 4 is 11.6 Å². The fourth-order valence-corrected chi connectivity index (χ4v) is 2.75. The Hall–Kier alpha value is -1.35. The number of para-hydroxylation sites is 1. The summed E-state index contributed by atoms with van der Waals surface area (Å²) in [5, 5.41) is 0. The molecule has 1 aromatic rings. The molecule has 0 saturated carbocycles. The van der Waals surface area contributed by atoms with Crippen molar-refractivity contribution in [3.8, 4) is 0 Å². The first-order valence-electron chi connectivity index (χ1n) is 7.31. The molecule has 1 aliphatic rings. The summed E-state index contributed by atoms with van der Waals surface area (Å²) in [5.41, 5.74) is 8.38. The molecule has 0 radical (unpaired) electrons. The van der Waals surface area contributed by atoms with Gasteiger partial charge in [-0.15, -0.1) is 0 Å². The Morgan fingerprint density at radius 1 is 1.47 bits per heavy atom. The van der Waals surface area contributed by atoms with Gasteiger partial charge in [0.2, 0.25) is 5.91 Å². The number of aryl methyl sites for hydroxylation is 1. The van der Waals surface area contributed by atoms with Crippen LogP contribution in [0.15, 0.2) is 24.3 Å². The van der Waals surface area contributed by atoms with Crippen molar-refractivity contribution < 1.29 is 4.79 Å². The number of hydrogen-bond donors (Lipinski definition) is 1. The number of nitrogens with two attached hydrogens (primary N) is 1. The second-order valence-electron chi connectivity index (χ2n) is 5.47. The number of amides is 1. The number of carbonyl (C=O) groups is 1. The number of unbranched alkanes of at least 4 members (excludes halogenated alkanes) is 1. The topological polar surface area (TPSA) is 46.3 Å². The lowest BCUT2D eigenvalue weighted by molar-refractivity contribution is -0.120. The number of carbonyl (C=O) groups excluding carboxylic acids is 1. The van der Waals surface area contributed by atoms with E-state index in [1.54, 1.807) is 0 Å². The maximum absolute atomic E-state index is 12.6. The van der Waals surface area contributed by atoms with E-state index in [2.05, 4.69) is 19.9 Å². The number of nitrogens with zero attached hydrogens (tertiary/aromatic N) is 1. The second-order valence-corrected chi connectivity index (χ2v) is 5.47. The molecule has 3 nitrogen and oxygen atoms in total. The molecule has 0 aromatic heterocycles. The van der Waals surface area contributed by atoms with Crippen LogP contribution in [0.3, 0.4) is 0 Å². The molecular formula is C16H24N2O. The molecule has 19 heavy (non-hydrogen) atoms. The molecule has 3 heteroatoms. The SMILES string of the molecule is CCCC[C@H](N)C(=O)N1c2ccccc2CCC1C. The van der Waals surface area contributed by atoms with E-state index in [1.807, 2.05) is 23.1 Å². The smallest absolute Gasteiger partial charge is 0.244 e. The lowest BCUT2D eigenvalue weighted by atomic mass is 9.95. The third-order valence-electron chi connectivity index (χ3n) is 3.95. The Morgan fingerprint density at radius 3 is 2.95 bits per heavy atom. The molecule has 1 aromatic carbocycles. The third-order valence-corrected chi connectivity index (χ3v) is 3.95. The normalized spacial score (nSPS) is 19.9. The van der Waals surface area contributed by atoms with Gasteiger partial charge in [0, 0.05) is 11.7 Å². The van der Waals surface area contributed by atoms with E-state index < -0.39 is 0 Å². The summed E-state index contributed by atoms with van der Waals surface area (Å²) < 4.78 is 0. The van der Waals surface area contributed by atoms with Gasteiger partial charge in [-0.1, -0.05) is 38.0 Å². The average Bonchev–Trinajstić information content (AvgIpc) is 2.44. The zero-order valence-electron chi connectivity index (χ0n) is 11.9. The van der Waals surface area contributed by atoms with Crippen molar-refractivity contribution in [1.82, 2.24) is 0 Å². The van der Waals surface area contributed by atoms with Crippen LogP contribution in [-0.4, -0.2) is 18.0 Å². The van der Waals surface area contributed by atoms with E-state index in [0.717, 1.165) is 37.8 Å². The minimum absolute atomic E-state index is 0.0769. The van der Waals surface area contributed by atoms with Gasteiger partial charge in [-0.05, 0) is 37.8 Å². The van der Waals surface area contributed by atoms with Gasteiger partial charge in [0.15, 0.2) is 0 Å². The van der Waals surface area contributed by atoms with Crippen molar-refractivity contribution in [3.63, 3.8) is 0 Å². The summed E-state index contributed by atoms with van der Waals surface area (Å²) in [4.78, 5) is 14.5. The highest BCUT2D eigenvalue weighted by atomic mass is 16.2. The van der Waals surface area contributed by atoms with E-state index in [0.29, 0.717) is 0 Å². The monoisotopic (exact) mass is 260 g/mol. The van der Waals surface area contributed by atoms with Crippen molar-refractivity contribution in [2.24, 2.45) is 5.73 Å². The van der Waals surface area contributed by atoms with Gasteiger partial charge >= 0.3 is 0 Å². The maximum Gasteiger partial charge on any atom is 0.244 e. The fraction of sp³-hybridized carbons (Fsp3) is 0.562. The van der Waals surface area contributed by atoms with Gasteiger partial charge in [-0.3, -0.25) is 4.79 Å². The van der Waals surface area contributed by atoms with Gasteiger partial charge in [0.1, 0.15) is 0 Å². The molecule has 0 fully saturated rings. The van der Waals surface area contributed by atoms with Crippen molar-refractivity contribution in [2.45, 2.75) is 58.0 Å². The van der Waals surface area contributed by atoms with Crippen molar-refractivity contribution in [2.75, 3.05) is 4.90 Å². The first-order valence-corrected chi connectivity index (χ1v) is 7.31. The highest BCUT2D eigenvalue weighted by Crippen LogP contribution is 2.31. The molecule has 1 unspecified atom stereocenters. The van der Waals surface area contributed by atoms with Crippen molar-refractivity contribution in [3.05, 3.63) is 29.8 Å². The summed E-state index contributed by atoms with van der Waals surface area (Å²) in [6.45, 7) is 4.23. The summed E-state index contributed by atoms with van der Waals surface area (Å²) in [6, 6.07) is 8.06. The van der Waals surface area contributed by atoms with Crippen LogP contribution in [0.4, 0.5) is 5.69 Å². The Kier molecular flexibility index (Phi) is 4.59. The van der Waals surface area contributed by atoms with E-state index >= 15 is 0 Å². The Labute approximate surface area is 115 Å². The second kappa shape index (κ2) is 6.20. The van der Waals surface area contributed by atoms with Gasteiger partial charge in [0.25, 0.3) is 0 Å². The molecule has 0 spiro atoms. The first kappa shape index (κ1) is 14.1. The standard InChI is InChI=1S/C16H24N2O/c1-3-4-8-14(17)16(19)18-12(2)10-11-13-7-5-6-9-15(13)18/h5-7,9,12,14H,3-4,8,10-11,17H2,1-2H3/t12?,14-/m0/s1. The van der Waals surface area contributed by atoms with Gasteiger partial charge < -0.3 is 10.6 Å². The van der Waals surface area contributed by atoms with Crippen LogP contribution >= 0.6 is 0 Å². The molecule has 1 heterocycles. The molecule has 2 N–H and O–H groups in total. The summed E-state index contributed by atoms with van der Waals surface area (Å²) >= 11 is 0. The molecule has 2 atom stereocenters. The molecule has 2 rings (SSSR count). The fourth-order valence-electron chi connectivity index (χ4n) is 2.75. The molecular weight excluding hydrogens is 236 g/mol. The van der Waals surface area contributed by atoms with Crippen LogP contribution < -0.4 is 10.6 Å². The van der Waals surface area contributed by atoms with E-state index in [-0.39, 0.29) is 18.0 Å². The predicted octanol–water partition coefficient (Wildman–Crippen LogP) is 2.87. The Bertz CT molecular complexity index is 444. The summed E-state index contributed by atoms with van der Waals surface area (Å²) in [5.74, 6) is 0.0769. The molecule has 104 valence electrons. The van der Waals surface area contributed by atoms with E-state index in [1.165, 1.54) is 5.56 Å². The van der Waals surface area contributed by atoms with Gasteiger partial charge in [-0.25, -0.2) is 0 Å². The number of benzene rings is 1. The largest absolute Gasteiger partial charge is 0.320 e. The van der Waals surface area contributed by atoms with Crippen LogP contribution in [0.1, 0.15) is 45.1 Å². The lowest BCUT2D eigenvalue weighted by Crippen LogP contribution is -2.50. The van der Waals surface area contributed by atoms with Gasteiger partial charge in [0.05, 0.1) is 6.04 Å². The highest BCUT2D eigenvalue weighted by Gasteiger charge is 2.30. The molecule has 1 amide bonds. The van der Waals surface area contributed by atoms with Gasteiger partial charge in [-0.2, -0.15) is 0 Å². The van der Waals surface area contributed by atoms with E-state index in [4.69, 9.17) is 5.73 Å². The Morgan fingerprint density at radius 2 is 2.21 bits per heavy atom. The zero-order chi connectivity index (χ0) is 13.8. The summed E-state index contributed by atoms with van der Waals surface area (Å²) in [6.07, 6.45) is 4.93. The quantitative estimate of drug-likeness (QED) is 0.904. The van der Waals surface area contributed by atoms with Crippen LogP contribution in [0.5, 0.6) is 0 Å². The summed E-state index contributed by atoms with van der Waals surface area (Å²) in [7, 11) is 0. The number of anilines is 1. The zero-order valence-corrected chi connectivity index (χ0v) is 11.9. The number of hydrogen-bond acceptors (Lipinski definition) is 2. The first-order chi connectivity index (χ1) is 9.15. The van der Waals surface area contributed by atoms with E-state index in [9.17, 15) is 4.79 Å². The molecule has 1 aliphatic heterocycles. The number of fused-ring (bicyclic) bond motifs is 1. The van der Waals surface area contributed by atoms with Crippen LogP contribution in [-0.2, 0) is 11.2 Å². The number of rotatable bonds is 4. The molecule has 0 saturated heterocycles. The van der Waals surface area contributed by atoms with Crippen LogP contribution in [0.25, 0.3) is 0 Å². The molecule has 0 aliphatic carbocycles. The predicted molar refractivity (Wildman–Crippen MR) is 79.2 cm³/mol. The highest BCUT2D eigenvalue weighted by molar-refractivity contribution is 5.98. The minimum atomic E-state index is -0.367.